The molecule has 1 aliphatic heterocycles. The topological polar surface area (TPSA) is 78.4 Å². The van der Waals surface area contributed by atoms with Crippen LogP contribution in [0.2, 0.25) is 0 Å². The number of hydrogen-bond acceptors (Lipinski definition) is 7. The lowest BCUT2D eigenvalue weighted by Crippen LogP contribution is -2.31. The van der Waals surface area contributed by atoms with Crippen molar-refractivity contribution in [1.82, 2.24) is 5.32 Å². The van der Waals surface area contributed by atoms with Crippen molar-refractivity contribution < 1.29 is 28.8 Å². The zero-order valence-corrected chi connectivity index (χ0v) is 21.7. The van der Waals surface area contributed by atoms with E-state index in [1.807, 2.05) is 43.3 Å². The lowest BCUT2D eigenvalue weighted by atomic mass is 9.88. The number of aliphatic hydroxyl groups excluding tert-OH is 1. The Kier molecular flexibility index (Phi) is 9.43. The first-order valence-corrected chi connectivity index (χ1v) is 12.6. The maximum Gasteiger partial charge on any atom is 0.231 e. The van der Waals surface area contributed by atoms with Crippen LogP contribution >= 0.6 is 0 Å². The summed E-state index contributed by atoms with van der Waals surface area (Å²) < 4.78 is 27.6. The van der Waals surface area contributed by atoms with Gasteiger partial charge < -0.3 is 34.1 Å². The molecule has 7 nitrogen and oxygen atoms in total. The van der Waals surface area contributed by atoms with Gasteiger partial charge in [-0.15, -0.1) is 0 Å². The smallest absolute Gasteiger partial charge is 0.231 e. The van der Waals surface area contributed by atoms with Crippen molar-refractivity contribution in [1.29, 1.82) is 0 Å². The summed E-state index contributed by atoms with van der Waals surface area (Å²) >= 11 is 0. The fraction of sp³-hybridized carbons (Fsp3) is 0.333. The third-order valence-corrected chi connectivity index (χ3v) is 6.08. The molecule has 0 spiro atoms. The summed E-state index contributed by atoms with van der Waals surface area (Å²) in [5.41, 5.74) is 5.49. The predicted molar refractivity (Wildman–Crippen MR) is 144 cm³/mol. The number of nitrogens with one attached hydrogen (secondary N) is 1. The Balaban J connectivity index is 1.68. The second-order valence-corrected chi connectivity index (χ2v) is 8.65. The van der Waals surface area contributed by atoms with Gasteiger partial charge in [0.1, 0.15) is 24.2 Å². The zero-order chi connectivity index (χ0) is 26.0. The average molecular weight is 506 g/mol. The summed E-state index contributed by atoms with van der Waals surface area (Å²) in [4.78, 5) is 0. The van der Waals surface area contributed by atoms with E-state index in [2.05, 4.69) is 42.6 Å². The van der Waals surface area contributed by atoms with E-state index in [4.69, 9.17) is 23.7 Å². The summed E-state index contributed by atoms with van der Waals surface area (Å²) in [6.07, 6.45) is 0.248. The number of likely N-dealkylation sites (N-methyl/N-ethyl adjacent to an activating group) is 1. The van der Waals surface area contributed by atoms with Crippen LogP contribution in [-0.2, 0) is 4.74 Å². The first kappa shape index (κ1) is 26.5. The van der Waals surface area contributed by atoms with Crippen LogP contribution in [0.5, 0.6) is 23.0 Å². The first-order chi connectivity index (χ1) is 18.1. The van der Waals surface area contributed by atoms with E-state index < -0.39 is 6.10 Å². The molecule has 0 fully saturated rings. The summed E-state index contributed by atoms with van der Waals surface area (Å²) in [6, 6.07) is 22.1. The van der Waals surface area contributed by atoms with Crippen molar-refractivity contribution >= 4 is 11.1 Å². The number of ether oxygens (including phenoxy) is 5. The van der Waals surface area contributed by atoms with E-state index in [1.54, 1.807) is 7.11 Å². The number of fused-ring (bicyclic) bond motifs is 1. The fourth-order valence-corrected chi connectivity index (χ4v) is 4.25. The Hall–Kier alpha value is -3.52. The van der Waals surface area contributed by atoms with Gasteiger partial charge in [-0.05, 0) is 77.2 Å². The van der Waals surface area contributed by atoms with Gasteiger partial charge in [-0.2, -0.15) is 0 Å². The molecule has 0 bridgehead atoms. The molecular formula is C30H35NO6. The van der Waals surface area contributed by atoms with Crippen molar-refractivity contribution in [3.8, 4) is 23.0 Å². The number of allylic oxidation sites excluding steroid dienone is 1. The number of rotatable bonds is 13. The predicted octanol–water partition coefficient (Wildman–Crippen LogP) is 5.12. The molecule has 4 rings (SSSR count). The molecule has 1 heterocycles. The molecule has 7 heteroatoms. The van der Waals surface area contributed by atoms with Crippen LogP contribution in [0.3, 0.4) is 0 Å². The van der Waals surface area contributed by atoms with Gasteiger partial charge >= 0.3 is 0 Å². The van der Waals surface area contributed by atoms with Crippen molar-refractivity contribution in [3.05, 3.63) is 83.4 Å². The second kappa shape index (κ2) is 13.1. The highest BCUT2D eigenvalue weighted by Crippen LogP contribution is 2.40. The van der Waals surface area contributed by atoms with Gasteiger partial charge in [0.25, 0.3) is 0 Å². The van der Waals surface area contributed by atoms with Crippen LogP contribution in [0.25, 0.3) is 11.1 Å². The summed E-state index contributed by atoms with van der Waals surface area (Å²) in [5, 5.41) is 13.2. The molecule has 0 aromatic heterocycles. The Morgan fingerprint density at radius 3 is 2.11 bits per heavy atom. The van der Waals surface area contributed by atoms with E-state index in [0.29, 0.717) is 12.3 Å². The number of benzene rings is 3. The Morgan fingerprint density at radius 1 is 0.865 bits per heavy atom. The quantitative estimate of drug-likeness (QED) is 0.247. The van der Waals surface area contributed by atoms with E-state index in [1.165, 1.54) is 5.57 Å². The number of hydrogen-bond donors (Lipinski definition) is 2. The normalized spacial score (nSPS) is 13.7. The lowest BCUT2D eigenvalue weighted by Gasteiger charge is -2.18. The van der Waals surface area contributed by atoms with Crippen molar-refractivity contribution in [2.75, 3.05) is 40.4 Å². The highest BCUT2D eigenvalue weighted by atomic mass is 16.7. The molecule has 0 aliphatic carbocycles. The number of methoxy groups -OCH3 is 1. The molecule has 0 saturated heterocycles. The first-order valence-electron chi connectivity index (χ1n) is 12.6. The van der Waals surface area contributed by atoms with Crippen LogP contribution in [0, 0.1) is 0 Å². The highest BCUT2D eigenvalue weighted by molar-refractivity contribution is 5.99. The van der Waals surface area contributed by atoms with Gasteiger partial charge in [0.05, 0.1) is 0 Å². The molecule has 1 unspecified atom stereocenters. The minimum Gasteiger partial charge on any atom is -0.491 e. The van der Waals surface area contributed by atoms with Crippen molar-refractivity contribution in [2.24, 2.45) is 0 Å². The van der Waals surface area contributed by atoms with Gasteiger partial charge in [0.2, 0.25) is 6.79 Å². The second-order valence-electron chi connectivity index (χ2n) is 8.65. The minimum atomic E-state index is -0.563. The lowest BCUT2D eigenvalue weighted by molar-refractivity contribution is 0.0511. The molecule has 0 amide bonds. The molecule has 0 radical (unpaired) electrons. The van der Waals surface area contributed by atoms with E-state index >= 15 is 0 Å². The Labute approximate surface area is 218 Å². The third-order valence-electron chi connectivity index (χ3n) is 6.08. The third kappa shape index (κ3) is 6.83. The Bertz CT molecular complexity index is 1170. The van der Waals surface area contributed by atoms with Gasteiger partial charge in [0.15, 0.2) is 18.3 Å². The molecule has 3 aromatic rings. The molecular weight excluding hydrogens is 470 g/mol. The molecule has 37 heavy (non-hydrogen) atoms. The standard InChI is InChI=1S/C30H35NO6/c1-4-27(23-10-15-28-29(16-23)37-20-36-28)30(22-8-13-26(14-9-22)35-19-33-3)21-6-11-25(12-7-21)34-18-24(32)17-31-5-2/h6-16,24,31-32H,4-5,17-20H2,1-3H3. The van der Waals surface area contributed by atoms with Gasteiger partial charge in [0, 0.05) is 13.7 Å². The maximum atomic E-state index is 10.1. The summed E-state index contributed by atoms with van der Waals surface area (Å²) in [5.74, 6) is 2.97. The van der Waals surface area contributed by atoms with Gasteiger partial charge in [-0.25, -0.2) is 0 Å². The zero-order valence-electron chi connectivity index (χ0n) is 21.7. The minimum absolute atomic E-state index is 0.199. The fourth-order valence-electron chi connectivity index (χ4n) is 4.25. The van der Waals surface area contributed by atoms with E-state index in [0.717, 1.165) is 52.5 Å². The monoisotopic (exact) mass is 505 g/mol. The van der Waals surface area contributed by atoms with Crippen LogP contribution < -0.4 is 24.3 Å². The largest absolute Gasteiger partial charge is 0.491 e. The number of aliphatic hydroxyl groups is 1. The molecule has 3 aromatic carbocycles. The maximum absolute atomic E-state index is 10.1. The van der Waals surface area contributed by atoms with E-state index in [-0.39, 0.29) is 20.2 Å². The van der Waals surface area contributed by atoms with E-state index in [9.17, 15) is 5.11 Å². The molecule has 1 aliphatic rings. The average Bonchev–Trinajstić information content (AvgIpc) is 3.41. The molecule has 1 atom stereocenters. The Morgan fingerprint density at radius 2 is 1.49 bits per heavy atom. The van der Waals surface area contributed by atoms with Gasteiger partial charge in [-0.1, -0.05) is 44.2 Å². The van der Waals surface area contributed by atoms with Crippen LogP contribution in [0.1, 0.15) is 37.0 Å². The summed E-state index contributed by atoms with van der Waals surface area (Å²) in [7, 11) is 1.60. The molecule has 196 valence electrons. The van der Waals surface area contributed by atoms with Crippen LogP contribution in [-0.4, -0.2) is 51.6 Å². The van der Waals surface area contributed by atoms with Crippen molar-refractivity contribution in [3.63, 3.8) is 0 Å². The molecule has 2 N–H and O–H groups in total. The van der Waals surface area contributed by atoms with Crippen molar-refractivity contribution in [2.45, 2.75) is 26.4 Å². The van der Waals surface area contributed by atoms with Gasteiger partial charge in [-0.3, -0.25) is 0 Å². The molecule has 0 saturated carbocycles. The highest BCUT2D eigenvalue weighted by Gasteiger charge is 2.18. The van der Waals surface area contributed by atoms with Crippen LogP contribution in [0.15, 0.2) is 66.7 Å². The summed E-state index contributed by atoms with van der Waals surface area (Å²) in [6.45, 7) is 6.14. The SMILES string of the molecule is CCNCC(O)COc1ccc(C(=C(CC)c2ccc3c(c2)OCO3)c2ccc(OCOC)cc2)cc1. The van der Waals surface area contributed by atoms with Crippen LogP contribution in [0.4, 0.5) is 0 Å².